The van der Waals surface area contributed by atoms with E-state index < -0.39 is 23.7 Å². The number of nitrogens with zero attached hydrogens (tertiary/aromatic N) is 3. The van der Waals surface area contributed by atoms with Gasteiger partial charge >= 0.3 is 6.09 Å². The van der Waals surface area contributed by atoms with Gasteiger partial charge in [0.2, 0.25) is 0 Å². The van der Waals surface area contributed by atoms with E-state index in [4.69, 9.17) is 9.47 Å². The lowest BCUT2D eigenvalue weighted by Crippen LogP contribution is -2.50. The third-order valence-corrected chi connectivity index (χ3v) is 9.22. The topological polar surface area (TPSA) is 64.0 Å². The van der Waals surface area contributed by atoms with Crippen molar-refractivity contribution in [1.82, 2.24) is 14.4 Å². The highest BCUT2D eigenvalue weighted by atomic mass is 32.2. The molecular formula is C29H32F3N3O4S. The van der Waals surface area contributed by atoms with Crippen LogP contribution in [0.1, 0.15) is 17.2 Å². The summed E-state index contributed by atoms with van der Waals surface area (Å²) in [5.41, 5.74) is 1.08. The van der Waals surface area contributed by atoms with Crippen molar-refractivity contribution >= 4 is 17.9 Å². The lowest BCUT2D eigenvalue weighted by Gasteiger charge is -2.35. The lowest BCUT2D eigenvalue weighted by molar-refractivity contribution is 0.0869. The van der Waals surface area contributed by atoms with E-state index in [2.05, 4.69) is 4.90 Å². The normalized spacial score (nSPS) is 22.7. The van der Waals surface area contributed by atoms with E-state index in [9.17, 15) is 18.4 Å². The summed E-state index contributed by atoms with van der Waals surface area (Å²) in [5.74, 6) is -1.65. The van der Waals surface area contributed by atoms with E-state index >= 15 is 4.39 Å². The van der Waals surface area contributed by atoms with Crippen LogP contribution in [-0.2, 0) is 11.2 Å². The minimum atomic E-state index is -1.51. The number of alkyl halides is 1. The standard InChI is InChI=1S/C29H32F3N3O4S/c1-17-20(14-21-22(30)7-5-8-23(21)31)28-35(27(36)25(17)19-6-4-9-24(38-2)26(19)32)18(16-40-28)15-33-10-12-34(13-11-33)29(37)39-3/h4-9,18,21-22H,10-16H2,1-3H3. The Bertz CT molecular complexity index is 1420. The second kappa shape index (κ2) is 11.7. The number of halogens is 3. The average Bonchev–Trinajstić information content (AvgIpc) is 3.37. The van der Waals surface area contributed by atoms with Gasteiger partial charge in [-0.15, -0.1) is 11.8 Å². The van der Waals surface area contributed by atoms with Crippen molar-refractivity contribution in [2.24, 2.45) is 5.92 Å². The van der Waals surface area contributed by atoms with E-state index in [0.717, 1.165) is 0 Å². The molecule has 0 saturated carbocycles. The van der Waals surface area contributed by atoms with Gasteiger partial charge in [0.1, 0.15) is 12.0 Å². The summed E-state index contributed by atoms with van der Waals surface area (Å²) in [6, 6.07) is 4.39. The SMILES string of the molecule is COC(=O)N1CCN(CC2CSc3c(CC4C(F)=CC=CC4F)c(C)c(-c4cccc(OC)c4F)c(=O)n32)CC1. The van der Waals surface area contributed by atoms with Gasteiger partial charge in [-0.1, -0.05) is 18.2 Å². The predicted molar refractivity (Wildman–Crippen MR) is 148 cm³/mol. The van der Waals surface area contributed by atoms with Crippen LogP contribution in [0, 0.1) is 18.7 Å². The Morgan fingerprint density at radius 2 is 1.90 bits per heavy atom. The number of benzene rings is 1. The van der Waals surface area contributed by atoms with Gasteiger partial charge in [-0.3, -0.25) is 14.3 Å². The van der Waals surface area contributed by atoms with Crippen LogP contribution in [0.2, 0.25) is 0 Å². The van der Waals surface area contributed by atoms with Crippen molar-refractivity contribution in [3.8, 4) is 16.9 Å². The molecule has 0 spiro atoms. The molecule has 40 heavy (non-hydrogen) atoms. The first-order valence-electron chi connectivity index (χ1n) is 13.2. The molecule has 1 amide bonds. The van der Waals surface area contributed by atoms with Crippen molar-refractivity contribution < 1.29 is 27.4 Å². The highest BCUT2D eigenvalue weighted by Gasteiger charge is 2.36. The van der Waals surface area contributed by atoms with Gasteiger partial charge < -0.3 is 14.4 Å². The molecule has 11 heteroatoms. The third kappa shape index (κ3) is 5.16. The molecule has 0 N–H and O–H groups in total. The van der Waals surface area contributed by atoms with Crippen LogP contribution >= 0.6 is 11.8 Å². The molecular weight excluding hydrogens is 543 g/mol. The number of carbonyl (C=O) groups excluding carboxylic acids is 1. The first kappa shape index (κ1) is 28.4. The number of pyridine rings is 1. The molecule has 214 valence electrons. The second-order valence-corrected chi connectivity index (χ2v) is 11.2. The zero-order valence-electron chi connectivity index (χ0n) is 22.7. The number of fused-ring (bicyclic) bond motifs is 1. The fraction of sp³-hybridized carbons (Fsp3) is 0.448. The van der Waals surface area contributed by atoms with Crippen molar-refractivity contribution in [3.05, 3.63) is 69.6 Å². The molecule has 1 aromatic carbocycles. The van der Waals surface area contributed by atoms with Crippen LogP contribution in [0.3, 0.4) is 0 Å². The Morgan fingerprint density at radius 3 is 2.58 bits per heavy atom. The second-order valence-electron chi connectivity index (χ2n) is 10.2. The van der Waals surface area contributed by atoms with Crippen LogP contribution in [-0.4, -0.2) is 79.3 Å². The van der Waals surface area contributed by atoms with Gasteiger partial charge in [-0.05, 0) is 42.7 Å². The maximum atomic E-state index is 15.5. The number of rotatable bonds is 6. The average molecular weight is 576 g/mol. The molecule has 2 aromatic rings. The largest absolute Gasteiger partial charge is 0.494 e. The predicted octanol–water partition coefficient (Wildman–Crippen LogP) is 4.92. The Hall–Kier alpha value is -3.18. The molecule has 5 rings (SSSR count). The summed E-state index contributed by atoms with van der Waals surface area (Å²) in [6.45, 7) is 4.51. The highest BCUT2D eigenvalue weighted by molar-refractivity contribution is 7.99. The summed E-state index contributed by atoms with van der Waals surface area (Å²) >= 11 is 1.49. The molecule has 3 unspecified atom stereocenters. The fourth-order valence-electron chi connectivity index (χ4n) is 5.75. The molecule has 3 atom stereocenters. The fourth-order valence-corrected chi connectivity index (χ4v) is 7.14. The summed E-state index contributed by atoms with van der Waals surface area (Å²) < 4.78 is 56.9. The zero-order chi connectivity index (χ0) is 28.6. The molecule has 0 bridgehead atoms. The molecule has 3 heterocycles. The summed E-state index contributed by atoms with van der Waals surface area (Å²) in [6.07, 6.45) is 2.11. The molecule has 0 radical (unpaired) electrons. The number of aromatic nitrogens is 1. The van der Waals surface area contributed by atoms with Crippen LogP contribution in [0.4, 0.5) is 18.0 Å². The van der Waals surface area contributed by atoms with Crippen LogP contribution < -0.4 is 10.3 Å². The smallest absolute Gasteiger partial charge is 0.409 e. The van der Waals surface area contributed by atoms with Crippen molar-refractivity contribution in [1.29, 1.82) is 0 Å². The number of ether oxygens (including phenoxy) is 2. The Balaban J connectivity index is 1.56. The van der Waals surface area contributed by atoms with Crippen LogP contribution in [0.15, 0.2) is 52.1 Å². The molecule has 3 aliphatic rings. The molecule has 1 aliphatic carbocycles. The van der Waals surface area contributed by atoms with E-state index in [1.54, 1.807) is 22.5 Å². The maximum Gasteiger partial charge on any atom is 0.409 e. The van der Waals surface area contributed by atoms with E-state index in [1.165, 1.54) is 56.3 Å². The quantitative estimate of drug-likeness (QED) is 0.487. The number of hydrogen-bond acceptors (Lipinski definition) is 6. The first-order valence-corrected chi connectivity index (χ1v) is 14.2. The van der Waals surface area contributed by atoms with Gasteiger partial charge in [0.05, 0.1) is 30.9 Å². The lowest BCUT2D eigenvalue weighted by atomic mass is 9.87. The Kier molecular flexibility index (Phi) is 8.32. The van der Waals surface area contributed by atoms with Crippen molar-refractivity contribution in [2.75, 3.05) is 52.7 Å². The van der Waals surface area contributed by atoms with E-state index in [0.29, 0.717) is 54.6 Å². The maximum absolute atomic E-state index is 15.5. The summed E-state index contributed by atoms with van der Waals surface area (Å²) in [7, 11) is 2.71. The first-order chi connectivity index (χ1) is 19.2. The van der Waals surface area contributed by atoms with E-state index in [1.807, 2.05) is 0 Å². The number of amides is 1. The minimum absolute atomic E-state index is 0.00738. The highest BCUT2D eigenvalue weighted by Crippen LogP contribution is 2.42. The van der Waals surface area contributed by atoms with E-state index in [-0.39, 0.29) is 41.0 Å². The molecule has 1 fully saturated rings. The minimum Gasteiger partial charge on any atom is -0.494 e. The molecule has 1 aromatic heterocycles. The summed E-state index contributed by atoms with van der Waals surface area (Å²) in [5, 5.41) is 0.669. The molecule has 1 saturated heterocycles. The number of carbonyl (C=O) groups is 1. The third-order valence-electron chi connectivity index (χ3n) is 7.95. The van der Waals surface area contributed by atoms with Crippen molar-refractivity contribution in [3.63, 3.8) is 0 Å². The van der Waals surface area contributed by atoms with Gasteiger partial charge in [0, 0.05) is 50.0 Å². The number of thioether (sulfide) groups is 1. The molecule has 7 nitrogen and oxygen atoms in total. The number of allylic oxidation sites excluding steroid dienone is 4. The Morgan fingerprint density at radius 1 is 1.15 bits per heavy atom. The Labute approximate surface area is 235 Å². The van der Waals surface area contributed by atoms with Gasteiger partial charge in [0.15, 0.2) is 11.6 Å². The number of methoxy groups -OCH3 is 2. The van der Waals surface area contributed by atoms with Crippen molar-refractivity contribution in [2.45, 2.75) is 30.6 Å². The number of piperazine rings is 1. The molecule has 2 aliphatic heterocycles. The van der Waals surface area contributed by atoms with Gasteiger partial charge in [-0.2, -0.15) is 0 Å². The van der Waals surface area contributed by atoms with Crippen LogP contribution in [0.25, 0.3) is 11.1 Å². The van der Waals surface area contributed by atoms with Gasteiger partial charge in [-0.25, -0.2) is 18.0 Å². The van der Waals surface area contributed by atoms with Crippen LogP contribution in [0.5, 0.6) is 5.75 Å². The zero-order valence-corrected chi connectivity index (χ0v) is 23.5. The summed E-state index contributed by atoms with van der Waals surface area (Å²) in [4.78, 5) is 29.8. The van der Waals surface area contributed by atoms with Gasteiger partial charge in [0.25, 0.3) is 5.56 Å². The monoisotopic (exact) mass is 575 g/mol. The number of hydrogen-bond donors (Lipinski definition) is 0.